The molecule has 1 aromatic heterocycles. The Hall–Kier alpha value is -1.83. The van der Waals surface area contributed by atoms with Crippen LogP contribution >= 0.6 is 0 Å². The van der Waals surface area contributed by atoms with Crippen LogP contribution in [0.3, 0.4) is 0 Å². The highest BCUT2D eigenvalue weighted by atomic mass is 16.1. The average molecular weight is 255 g/mol. The van der Waals surface area contributed by atoms with E-state index in [0.29, 0.717) is 6.42 Å². The second-order valence-corrected chi connectivity index (χ2v) is 4.92. The normalized spacial score (nSPS) is 10.5. The van der Waals surface area contributed by atoms with E-state index in [1.807, 2.05) is 6.07 Å². The van der Waals surface area contributed by atoms with Crippen molar-refractivity contribution in [2.75, 3.05) is 0 Å². The largest absolute Gasteiger partial charge is 0.367 e. The van der Waals surface area contributed by atoms with E-state index in [9.17, 15) is 4.79 Å². The van der Waals surface area contributed by atoms with Crippen molar-refractivity contribution in [3.63, 3.8) is 0 Å². The molecule has 1 N–H and O–H groups in total. The molecule has 2 heteroatoms. The lowest BCUT2D eigenvalue weighted by molar-refractivity contribution is 0.0979. The number of hydrogen-bond donors (Lipinski definition) is 1. The van der Waals surface area contributed by atoms with E-state index < -0.39 is 0 Å². The number of nitrogens with one attached hydrogen (secondary N) is 1. The minimum Gasteiger partial charge on any atom is -0.367 e. The van der Waals surface area contributed by atoms with E-state index >= 15 is 0 Å². The fourth-order valence-electron chi connectivity index (χ4n) is 2.25. The monoisotopic (exact) mass is 255 g/mol. The summed E-state index contributed by atoms with van der Waals surface area (Å²) in [5, 5.41) is 0. The summed E-state index contributed by atoms with van der Waals surface area (Å²) in [6.45, 7) is 0. The van der Waals surface area contributed by atoms with Gasteiger partial charge in [0.15, 0.2) is 5.78 Å². The topological polar surface area (TPSA) is 32.9 Å². The quantitative estimate of drug-likeness (QED) is 0.550. The predicted octanol–water partition coefficient (Wildman–Crippen LogP) is 4.39. The van der Waals surface area contributed by atoms with Crippen molar-refractivity contribution < 1.29 is 4.79 Å². The van der Waals surface area contributed by atoms with Gasteiger partial charge in [-0.05, 0) is 30.9 Å². The highest BCUT2D eigenvalue weighted by Gasteiger charge is 2.04. The number of aryl methyl sites for hydroxylation is 1. The van der Waals surface area contributed by atoms with Crippen LogP contribution < -0.4 is 0 Å². The van der Waals surface area contributed by atoms with Crippen molar-refractivity contribution in [1.29, 1.82) is 0 Å². The van der Waals surface area contributed by atoms with Gasteiger partial charge in [0.05, 0.1) is 0 Å². The molecule has 0 aliphatic carbocycles. The minimum atomic E-state index is 0.254. The summed E-state index contributed by atoms with van der Waals surface area (Å²) in [5.41, 5.74) is 2.22. The third-order valence-corrected chi connectivity index (χ3v) is 3.38. The van der Waals surface area contributed by atoms with Gasteiger partial charge in [-0.2, -0.15) is 0 Å². The fraction of sp³-hybridized carbons (Fsp3) is 0.353. The molecule has 2 rings (SSSR count). The lowest BCUT2D eigenvalue weighted by Crippen LogP contribution is -1.96. The van der Waals surface area contributed by atoms with Gasteiger partial charge in [-0.15, -0.1) is 0 Å². The maximum absolute atomic E-state index is 11.7. The summed E-state index contributed by atoms with van der Waals surface area (Å²) in [6, 6.07) is 12.4. The van der Waals surface area contributed by atoms with E-state index in [-0.39, 0.29) is 5.78 Å². The lowest BCUT2D eigenvalue weighted by atomic mass is 10.0. The van der Waals surface area contributed by atoms with Crippen molar-refractivity contribution in [3.05, 3.63) is 59.9 Å². The summed E-state index contributed by atoms with van der Waals surface area (Å²) >= 11 is 0. The van der Waals surface area contributed by atoms with Gasteiger partial charge in [-0.25, -0.2) is 0 Å². The van der Waals surface area contributed by atoms with E-state index in [1.165, 1.54) is 18.4 Å². The molecule has 19 heavy (non-hydrogen) atoms. The van der Waals surface area contributed by atoms with Gasteiger partial charge in [-0.1, -0.05) is 43.2 Å². The maximum atomic E-state index is 11.7. The number of ketones is 1. The van der Waals surface area contributed by atoms with Crippen LogP contribution in [0.2, 0.25) is 0 Å². The Morgan fingerprint density at radius 2 is 1.74 bits per heavy atom. The van der Waals surface area contributed by atoms with E-state index in [2.05, 4.69) is 35.3 Å². The molecule has 0 saturated heterocycles. The number of H-pyrrole nitrogens is 1. The van der Waals surface area contributed by atoms with Gasteiger partial charge in [0.1, 0.15) is 0 Å². The Morgan fingerprint density at radius 1 is 0.947 bits per heavy atom. The van der Waals surface area contributed by atoms with Gasteiger partial charge in [-0.3, -0.25) is 4.79 Å². The molecule has 0 saturated carbocycles. The Bertz CT molecular complexity index is 473. The van der Waals surface area contributed by atoms with Crippen molar-refractivity contribution in [2.24, 2.45) is 0 Å². The average Bonchev–Trinajstić information content (AvgIpc) is 2.98. The smallest absolute Gasteiger partial charge is 0.164 e. The van der Waals surface area contributed by atoms with E-state index in [0.717, 1.165) is 24.8 Å². The molecule has 0 radical (unpaired) electrons. The van der Waals surface area contributed by atoms with Gasteiger partial charge in [0.2, 0.25) is 0 Å². The molecule has 0 aliphatic heterocycles. The summed E-state index contributed by atoms with van der Waals surface area (Å²) in [5.74, 6) is 0.254. The predicted molar refractivity (Wildman–Crippen MR) is 78.4 cm³/mol. The van der Waals surface area contributed by atoms with Crippen LogP contribution in [-0.4, -0.2) is 10.8 Å². The third-order valence-electron chi connectivity index (χ3n) is 3.38. The minimum absolute atomic E-state index is 0.254. The van der Waals surface area contributed by atoms with Crippen molar-refractivity contribution in [3.8, 4) is 0 Å². The van der Waals surface area contributed by atoms with Crippen LogP contribution in [0.4, 0.5) is 0 Å². The first-order valence-electron chi connectivity index (χ1n) is 7.06. The molecule has 0 amide bonds. The number of hydrogen-bond acceptors (Lipinski definition) is 1. The summed E-state index contributed by atoms with van der Waals surface area (Å²) in [7, 11) is 0. The number of Topliss-reactive ketones (excluding diaryl/α,β-unsaturated/α-hetero) is 1. The molecular formula is C17H21NO. The molecule has 0 atom stereocenters. The van der Waals surface area contributed by atoms with Crippen LogP contribution in [0.1, 0.15) is 48.0 Å². The standard InChI is InChI=1S/C17H21NO/c19-17(16-12-13-18-14-16)11-7-2-1-4-8-15-9-5-3-6-10-15/h3,5-6,9-10,12-14,18H,1-2,4,7-8,11H2. The zero-order valence-corrected chi connectivity index (χ0v) is 11.3. The number of unbranched alkanes of at least 4 members (excludes halogenated alkanes) is 3. The van der Waals surface area contributed by atoms with Crippen molar-refractivity contribution in [1.82, 2.24) is 4.98 Å². The second-order valence-electron chi connectivity index (χ2n) is 4.92. The molecule has 0 fully saturated rings. The summed E-state index contributed by atoms with van der Waals surface area (Å²) in [6.07, 6.45) is 9.94. The molecule has 2 aromatic rings. The van der Waals surface area contributed by atoms with Gasteiger partial charge < -0.3 is 4.98 Å². The Labute approximate surface area is 114 Å². The molecule has 100 valence electrons. The molecule has 0 aliphatic rings. The second kappa shape index (κ2) is 7.57. The van der Waals surface area contributed by atoms with Crippen molar-refractivity contribution in [2.45, 2.75) is 38.5 Å². The third kappa shape index (κ3) is 4.74. The lowest BCUT2D eigenvalue weighted by Gasteiger charge is -2.02. The molecule has 1 aromatic carbocycles. The van der Waals surface area contributed by atoms with Crippen LogP contribution in [0, 0.1) is 0 Å². The molecule has 0 unspecified atom stereocenters. The number of carbonyl (C=O) groups excluding carboxylic acids is 1. The van der Waals surface area contributed by atoms with Crippen LogP contribution in [0.5, 0.6) is 0 Å². The zero-order valence-electron chi connectivity index (χ0n) is 11.3. The van der Waals surface area contributed by atoms with Gasteiger partial charge in [0, 0.05) is 24.4 Å². The van der Waals surface area contributed by atoms with Crippen molar-refractivity contribution >= 4 is 5.78 Å². The highest BCUT2D eigenvalue weighted by Crippen LogP contribution is 2.11. The Morgan fingerprint density at radius 3 is 2.47 bits per heavy atom. The molecule has 0 spiro atoms. The van der Waals surface area contributed by atoms with E-state index in [1.54, 1.807) is 12.4 Å². The number of aromatic amines is 1. The first-order chi connectivity index (χ1) is 9.36. The molecule has 0 bridgehead atoms. The fourth-order valence-corrected chi connectivity index (χ4v) is 2.25. The Kier molecular flexibility index (Phi) is 5.42. The number of benzene rings is 1. The SMILES string of the molecule is O=C(CCCCCCc1ccccc1)c1cc[nH]c1. The molecule has 2 nitrogen and oxygen atoms in total. The number of aromatic nitrogens is 1. The zero-order chi connectivity index (χ0) is 13.3. The van der Waals surface area contributed by atoms with Crippen LogP contribution in [-0.2, 0) is 6.42 Å². The first kappa shape index (κ1) is 13.6. The Balaban J connectivity index is 1.54. The first-order valence-corrected chi connectivity index (χ1v) is 7.06. The van der Waals surface area contributed by atoms with Gasteiger partial charge >= 0.3 is 0 Å². The summed E-state index contributed by atoms with van der Waals surface area (Å²) < 4.78 is 0. The van der Waals surface area contributed by atoms with Crippen LogP contribution in [0.25, 0.3) is 0 Å². The summed E-state index contributed by atoms with van der Waals surface area (Å²) in [4.78, 5) is 14.7. The van der Waals surface area contributed by atoms with E-state index in [4.69, 9.17) is 0 Å². The maximum Gasteiger partial charge on any atom is 0.164 e. The molecular weight excluding hydrogens is 234 g/mol. The number of carbonyl (C=O) groups is 1. The number of rotatable bonds is 8. The molecule has 1 heterocycles. The van der Waals surface area contributed by atoms with Gasteiger partial charge in [0.25, 0.3) is 0 Å². The van der Waals surface area contributed by atoms with Crippen LogP contribution in [0.15, 0.2) is 48.8 Å². The highest BCUT2D eigenvalue weighted by molar-refractivity contribution is 5.95.